The first-order valence-corrected chi connectivity index (χ1v) is 12.6. The Hall–Kier alpha value is -0.770. The van der Waals surface area contributed by atoms with Gasteiger partial charge < -0.3 is 24.8 Å². The summed E-state index contributed by atoms with van der Waals surface area (Å²) in [6.07, 6.45) is 8.12. The van der Waals surface area contributed by atoms with Crippen LogP contribution in [0.4, 0.5) is 4.79 Å². The van der Waals surface area contributed by atoms with Crippen LogP contribution in [-0.4, -0.2) is 90.8 Å². The second-order valence-electron chi connectivity index (χ2n) is 10.4. The topological polar surface area (TPSA) is 60.4 Å². The van der Waals surface area contributed by atoms with E-state index in [0.29, 0.717) is 5.92 Å². The maximum Gasteiger partial charge on any atom is 0.410 e. The Labute approximate surface area is 212 Å². The molecule has 8 heteroatoms. The molecule has 2 saturated heterocycles. The van der Waals surface area contributed by atoms with E-state index in [1.54, 1.807) is 0 Å². The van der Waals surface area contributed by atoms with Gasteiger partial charge in [-0.2, -0.15) is 0 Å². The summed E-state index contributed by atoms with van der Waals surface area (Å²) < 4.78 is 5.74. The van der Waals surface area contributed by atoms with Crippen LogP contribution in [0.3, 0.4) is 0 Å². The number of hydrogen-bond acceptors (Lipinski definition) is 4. The van der Waals surface area contributed by atoms with Gasteiger partial charge in [-0.3, -0.25) is 4.99 Å². The molecule has 186 valence electrons. The Morgan fingerprint density at radius 3 is 2.31 bits per heavy atom. The predicted octanol–water partition coefficient (Wildman–Crippen LogP) is 4.17. The van der Waals surface area contributed by atoms with Crippen LogP contribution < -0.4 is 5.32 Å². The van der Waals surface area contributed by atoms with Gasteiger partial charge in [0.1, 0.15) is 5.60 Å². The van der Waals surface area contributed by atoms with Gasteiger partial charge in [-0.05, 0) is 98.2 Å². The number of aliphatic imine (C=N–C) groups is 1. The summed E-state index contributed by atoms with van der Waals surface area (Å²) in [4.78, 5) is 24.7. The van der Waals surface area contributed by atoms with Gasteiger partial charge in [0.2, 0.25) is 0 Å². The van der Waals surface area contributed by atoms with E-state index in [-0.39, 0.29) is 36.1 Å². The summed E-state index contributed by atoms with van der Waals surface area (Å²) in [7, 11) is 0. The van der Waals surface area contributed by atoms with Crippen molar-refractivity contribution in [3.8, 4) is 0 Å². The van der Waals surface area contributed by atoms with Gasteiger partial charge in [-0.1, -0.05) is 0 Å². The van der Waals surface area contributed by atoms with E-state index in [1.165, 1.54) is 38.8 Å². The van der Waals surface area contributed by atoms with Crippen molar-refractivity contribution in [3.05, 3.63) is 0 Å². The molecule has 0 spiro atoms. The molecule has 0 radical (unpaired) electrons. The van der Waals surface area contributed by atoms with Crippen LogP contribution in [0, 0.1) is 5.92 Å². The highest BCUT2D eigenvalue weighted by Gasteiger charge is 2.35. The molecule has 3 rings (SSSR count). The summed E-state index contributed by atoms with van der Waals surface area (Å²) in [6.45, 7) is 16.1. The van der Waals surface area contributed by atoms with E-state index in [9.17, 15) is 4.79 Å². The summed E-state index contributed by atoms with van der Waals surface area (Å²) in [5.74, 6) is 1.70. The minimum atomic E-state index is -0.445. The van der Waals surface area contributed by atoms with Crippen molar-refractivity contribution in [3.63, 3.8) is 0 Å². The maximum atomic E-state index is 12.9. The summed E-state index contributed by atoms with van der Waals surface area (Å²) in [6, 6.07) is 0.268. The normalized spacial score (nSPS) is 20.8. The van der Waals surface area contributed by atoms with Crippen LogP contribution >= 0.6 is 24.0 Å². The lowest BCUT2D eigenvalue weighted by Crippen LogP contribution is -2.52. The zero-order chi connectivity index (χ0) is 22.3. The molecule has 0 unspecified atom stereocenters. The average molecular weight is 564 g/mol. The number of hydrogen-bond donors (Lipinski definition) is 1. The van der Waals surface area contributed by atoms with Crippen molar-refractivity contribution in [2.75, 3.05) is 52.4 Å². The van der Waals surface area contributed by atoms with E-state index in [4.69, 9.17) is 9.73 Å². The Kier molecular flexibility index (Phi) is 11.3. The smallest absolute Gasteiger partial charge is 0.410 e. The molecule has 0 aromatic rings. The molecule has 7 nitrogen and oxygen atoms in total. The molecule has 32 heavy (non-hydrogen) atoms. The van der Waals surface area contributed by atoms with Crippen molar-refractivity contribution in [1.82, 2.24) is 20.0 Å². The number of amides is 1. The van der Waals surface area contributed by atoms with E-state index in [0.717, 1.165) is 64.5 Å². The van der Waals surface area contributed by atoms with Crippen molar-refractivity contribution in [2.45, 2.75) is 84.3 Å². The van der Waals surface area contributed by atoms with E-state index in [2.05, 4.69) is 22.0 Å². The zero-order valence-electron chi connectivity index (χ0n) is 20.8. The fourth-order valence-corrected chi connectivity index (χ4v) is 4.57. The van der Waals surface area contributed by atoms with Crippen LogP contribution in [0.2, 0.25) is 0 Å². The van der Waals surface area contributed by atoms with Gasteiger partial charge in [0, 0.05) is 38.8 Å². The summed E-state index contributed by atoms with van der Waals surface area (Å²) in [5, 5.41) is 3.48. The molecule has 1 aliphatic carbocycles. The summed E-state index contributed by atoms with van der Waals surface area (Å²) >= 11 is 0. The van der Waals surface area contributed by atoms with Crippen molar-refractivity contribution >= 4 is 36.0 Å². The number of carbonyl (C=O) groups is 1. The third-order valence-electron chi connectivity index (χ3n) is 6.41. The number of nitrogens with one attached hydrogen (secondary N) is 1. The van der Waals surface area contributed by atoms with E-state index < -0.39 is 5.60 Å². The molecular weight excluding hydrogens is 517 g/mol. The monoisotopic (exact) mass is 563 g/mol. The molecule has 0 bridgehead atoms. The highest BCUT2D eigenvalue weighted by molar-refractivity contribution is 14.0. The first kappa shape index (κ1) is 27.5. The minimum absolute atomic E-state index is 0. The predicted molar refractivity (Wildman–Crippen MR) is 142 cm³/mol. The van der Waals surface area contributed by atoms with Crippen LogP contribution in [0.15, 0.2) is 4.99 Å². The molecule has 0 aromatic carbocycles. The van der Waals surface area contributed by atoms with Gasteiger partial charge in [-0.25, -0.2) is 4.79 Å². The van der Waals surface area contributed by atoms with Gasteiger partial charge in [0.15, 0.2) is 5.96 Å². The van der Waals surface area contributed by atoms with Crippen molar-refractivity contribution in [1.29, 1.82) is 0 Å². The van der Waals surface area contributed by atoms with Crippen LogP contribution in [0.25, 0.3) is 0 Å². The number of ether oxygens (including phenoxy) is 1. The lowest BCUT2D eigenvalue weighted by molar-refractivity contribution is 0.00928. The van der Waals surface area contributed by atoms with Crippen molar-refractivity contribution in [2.24, 2.45) is 10.9 Å². The quantitative estimate of drug-likeness (QED) is 0.208. The number of carbonyl (C=O) groups excluding carboxylic acids is 1. The molecule has 1 amide bonds. The lowest BCUT2D eigenvalue weighted by atomic mass is 10.0. The van der Waals surface area contributed by atoms with Gasteiger partial charge in [0.05, 0.1) is 0 Å². The maximum absolute atomic E-state index is 12.9. The molecule has 0 aromatic heterocycles. The zero-order valence-corrected chi connectivity index (χ0v) is 23.1. The van der Waals surface area contributed by atoms with Gasteiger partial charge in [-0.15, -0.1) is 24.0 Å². The van der Waals surface area contributed by atoms with Crippen LogP contribution in [-0.2, 0) is 4.74 Å². The molecule has 2 heterocycles. The molecule has 1 saturated carbocycles. The Bertz CT molecular complexity index is 592. The molecule has 1 N–H and O–H groups in total. The highest BCUT2D eigenvalue weighted by atomic mass is 127. The average Bonchev–Trinajstić information content (AvgIpc) is 3.39. The van der Waals surface area contributed by atoms with E-state index in [1.807, 2.05) is 25.7 Å². The number of halogens is 1. The van der Waals surface area contributed by atoms with Crippen LogP contribution in [0.5, 0.6) is 0 Å². The minimum Gasteiger partial charge on any atom is -0.444 e. The molecular formula is C24H46IN5O2. The number of nitrogens with zero attached hydrogens (tertiary/aromatic N) is 4. The number of guanidine groups is 1. The molecule has 0 atom stereocenters. The molecule has 3 aliphatic rings. The first-order valence-electron chi connectivity index (χ1n) is 12.6. The Morgan fingerprint density at radius 1 is 1.09 bits per heavy atom. The standard InChI is InChI=1S/C24H45N5O2.HI/c1-5-25-22(26-13-8-16-27-14-6-7-15-27)28-17-11-21(12-18-28)29(19-20-9-10-20)23(30)31-24(2,3)4;/h20-21H,5-19H2,1-4H3,(H,25,26);1H. The highest BCUT2D eigenvalue weighted by Crippen LogP contribution is 2.32. The third-order valence-corrected chi connectivity index (χ3v) is 6.41. The fourth-order valence-electron chi connectivity index (χ4n) is 4.57. The largest absolute Gasteiger partial charge is 0.444 e. The number of likely N-dealkylation sites (tertiary alicyclic amines) is 2. The second kappa shape index (κ2) is 13.2. The molecule has 2 aliphatic heterocycles. The van der Waals surface area contributed by atoms with Crippen molar-refractivity contribution < 1.29 is 9.53 Å². The Balaban J connectivity index is 0.00000363. The van der Waals surface area contributed by atoms with Gasteiger partial charge >= 0.3 is 6.09 Å². The fraction of sp³-hybridized carbons (Fsp3) is 0.917. The van der Waals surface area contributed by atoms with E-state index >= 15 is 0 Å². The third kappa shape index (κ3) is 9.23. The summed E-state index contributed by atoms with van der Waals surface area (Å²) in [5.41, 5.74) is -0.445. The number of rotatable bonds is 8. The SMILES string of the molecule is CCNC(=NCCCN1CCCC1)N1CCC(N(CC2CC2)C(=O)OC(C)(C)C)CC1.I. The Morgan fingerprint density at radius 2 is 1.75 bits per heavy atom. The van der Waals surface area contributed by atoms with Crippen LogP contribution in [0.1, 0.15) is 72.6 Å². The first-order chi connectivity index (χ1) is 14.9. The number of piperidine rings is 1. The van der Waals surface area contributed by atoms with Gasteiger partial charge in [0.25, 0.3) is 0 Å². The lowest BCUT2D eigenvalue weighted by Gasteiger charge is -2.40. The second-order valence-corrected chi connectivity index (χ2v) is 10.4. The molecule has 3 fully saturated rings.